The van der Waals surface area contributed by atoms with Crippen molar-refractivity contribution in [3.63, 3.8) is 0 Å². The second-order valence-electron chi connectivity index (χ2n) is 27.4. The molecule has 0 fully saturated rings. The maximum Gasteiger partial charge on any atom is 0.215 e. The van der Waals surface area contributed by atoms with Gasteiger partial charge >= 0.3 is 0 Å². The van der Waals surface area contributed by atoms with Crippen LogP contribution in [0.3, 0.4) is 0 Å². The summed E-state index contributed by atoms with van der Waals surface area (Å²) in [6.07, 6.45) is 76.0. The second kappa shape index (κ2) is 58.5. The molecule has 0 radical (unpaired) electrons. The molecular formula is C88H140N2. The van der Waals surface area contributed by atoms with E-state index in [-0.39, 0.29) is 0 Å². The fraction of sp³-hybridized carbons (Fsp3) is 0.716. The van der Waals surface area contributed by atoms with Crippen LogP contribution < -0.4 is 0 Å². The summed E-state index contributed by atoms with van der Waals surface area (Å²) in [5.74, 6) is 39.4. The summed E-state index contributed by atoms with van der Waals surface area (Å²) in [6, 6.07) is 13.5. The van der Waals surface area contributed by atoms with E-state index < -0.39 is 0 Å². The molecule has 0 saturated heterocycles. The summed E-state index contributed by atoms with van der Waals surface area (Å²) in [7, 11) is 0. The van der Waals surface area contributed by atoms with Gasteiger partial charge in [0.15, 0.2) is 0 Å². The summed E-state index contributed by atoms with van der Waals surface area (Å²) in [6.45, 7) is 13.8. The van der Waals surface area contributed by atoms with Gasteiger partial charge in [-0.1, -0.05) is 390 Å². The van der Waals surface area contributed by atoms with Crippen molar-refractivity contribution in [2.75, 3.05) is 0 Å². The number of nitrogens with one attached hydrogen (secondary N) is 1. The molecule has 90 heavy (non-hydrogen) atoms. The highest BCUT2D eigenvalue weighted by atomic mass is 15.3. The van der Waals surface area contributed by atoms with E-state index in [1.165, 1.54) is 294 Å². The van der Waals surface area contributed by atoms with E-state index in [1.54, 1.807) is 4.68 Å². The van der Waals surface area contributed by atoms with Crippen LogP contribution in [0.25, 0.3) is 11.5 Å². The number of hydrogen-bond donors (Lipinski definition) is 0. The molecule has 1 heterocycles. The highest BCUT2D eigenvalue weighted by Crippen LogP contribution is 2.39. The molecule has 0 bridgehead atoms. The van der Waals surface area contributed by atoms with Gasteiger partial charge in [-0.15, -0.1) is 0 Å². The van der Waals surface area contributed by atoms with Gasteiger partial charge in [-0.2, -0.15) is 0 Å². The van der Waals surface area contributed by atoms with E-state index in [0.29, 0.717) is 0 Å². The Morgan fingerprint density at radius 2 is 0.533 bits per heavy atom. The maximum atomic E-state index is 10.4. The molecule has 0 atom stereocenters. The number of rotatable bonds is 55. The first-order chi connectivity index (χ1) is 44.5. The molecule has 0 saturated carbocycles. The third-order valence-electron chi connectivity index (χ3n) is 18.7. The average molecular weight is 1230 g/mol. The molecule has 0 amide bonds. The standard InChI is InChI=1S/C88H140N2/c1-7-13-19-23-27-31-35-39-43-47-51-55-59-63-67-79-73-80(68-64-60-56-52-48-44-40-36-32-28-24-20-14-8-2)76-83(75-79)87-85(71-17-11-5)86(72-18-12-6)88(90(87)89)84-77-81(69-65-61-57-53-49-45-41-37-33-29-25-21-15-9-3)74-82(78-84)70-66-62-58-54-50-46-42-38-34-30-26-22-16-10-4/h71,73-78,89H,7-62,72H2,1-6H3. The summed E-state index contributed by atoms with van der Waals surface area (Å²) in [4.78, 5) is 0. The molecule has 2 nitrogen and oxygen atoms in total. The zero-order chi connectivity index (χ0) is 64.3. The number of hydrogen-bond acceptors (Lipinski definition) is 0. The van der Waals surface area contributed by atoms with E-state index in [2.05, 4.69) is 131 Å². The monoisotopic (exact) mass is 1230 g/mol. The van der Waals surface area contributed by atoms with Crippen molar-refractivity contribution in [1.82, 2.24) is 0 Å². The highest BCUT2D eigenvalue weighted by Gasteiger charge is 2.35. The normalized spacial score (nSPS) is 12.5. The topological polar surface area (TPSA) is 26.8 Å². The Morgan fingerprint density at radius 3 is 0.789 bits per heavy atom. The number of allylic oxidation sites excluding steroid dienone is 3. The third-order valence-corrected chi connectivity index (χ3v) is 18.7. The van der Waals surface area contributed by atoms with Gasteiger partial charge in [0.25, 0.3) is 0 Å². The average Bonchev–Trinajstić information content (AvgIpc) is 1.61. The highest BCUT2D eigenvalue weighted by molar-refractivity contribution is 6.16. The molecular weight excluding hydrogens is 1080 g/mol. The maximum absolute atomic E-state index is 10.4. The predicted octanol–water partition coefficient (Wildman–Crippen LogP) is 28.6. The Bertz CT molecular complexity index is 2330. The van der Waals surface area contributed by atoms with Gasteiger partial charge in [0.1, 0.15) is 0 Å². The quantitative estimate of drug-likeness (QED) is 0.0359. The molecule has 0 unspecified atom stereocenters. The van der Waals surface area contributed by atoms with Crippen LogP contribution in [-0.4, -0.2) is 10.4 Å². The first-order valence-electron chi connectivity index (χ1n) is 39.6. The van der Waals surface area contributed by atoms with Crippen LogP contribution in [0.15, 0.2) is 53.6 Å². The Hall–Kier alpha value is -4.37. The molecule has 1 aliphatic heterocycles. The molecule has 1 aliphatic rings. The lowest BCUT2D eigenvalue weighted by Crippen LogP contribution is -2.12. The first kappa shape index (κ1) is 79.9. The van der Waals surface area contributed by atoms with Crippen LogP contribution in [0.4, 0.5) is 0 Å². The minimum Gasteiger partial charge on any atom is -0.448 e. The second-order valence-corrected chi connectivity index (χ2v) is 27.4. The van der Waals surface area contributed by atoms with Gasteiger partial charge in [0.2, 0.25) is 11.4 Å². The van der Waals surface area contributed by atoms with Crippen LogP contribution in [0.2, 0.25) is 0 Å². The van der Waals surface area contributed by atoms with Crippen molar-refractivity contribution in [2.24, 2.45) is 0 Å². The van der Waals surface area contributed by atoms with Crippen molar-refractivity contribution in [2.45, 2.75) is 408 Å². The third kappa shape index (κ3) is 39.9. The molecule has 0 aliphatic carbocycles. The van der Waals surface area contributed by atoms with Gasteiger partial charge in [0.05, 0.1) is 5.57 Å². The molecule has 0 aromatic heterocycles. The largest absolute Gasteiger partial charge is 0.448 e. The lowest BCUT2D eigenvalue weighted by atomic mass is 9.90. The summed E-state index contributed by atoms with van der Waals surface area (Å²) in [5, 5.41) is 0. The summed E-state index contributed by atoms with van der Waals surface area (Å²) < 4.78 is 1.79. The molecule has 1 N–H and O–H groups in total. The van der Waals surface area contributed by atoms with Crippen molar-refractivity contribution >= 4 is 11.4 Å². The van der Waals surface area contributed by atoms with E-state index in [1.807, 2.05) is 0 Å². The van der Waals surface area contributed by atoms with Gasteiger partial charge in [-0.25, -0.2) is 4.68 Å². The molecule has 2 aromatic rings. The summed E-state index contributed by atoms with van der Waals surface area (Å²) in [5.41, 5.74) is 10.6. The van der Waals surface area contributed by atoms with Crippen LogP contribution in [0, 0.1) is 47.4 Å². The smallest absolute Gasteiger partial charge is 0.215 e. The fourth-order valence-electron chi connectivity index (χ4n) is 13.0. The van der Waals surface area contributed by atoms with Crippen molar-refractivity contribution in [1.29, 1.82) is 0 Å². The number of unbranched alkanes of at least 4 members (excludes halogenated alkanes) is 50. The zero-order valence-corrected chi connectivity index (χ0v) is 60.3. The lowest BCUT2D eigenvalue weighted by molar-refractivity contribution is -0.347. The molecule has 3 rings (SSSR count). The van der Waals surface area contributed by atoms with Gasteiger partial charge < -0.3 is 5.84 Å². The Morgan fingerprint density at radius 1 is 0.289 bits per heavy atom. The Labute approximate surface area is 560 Å². The minimum atomic E-state index is 0.916. The van der Waals surface area contributed by atoms with Crippen LogP contribution in [-0.2, 0) is 0 Å². The van der Waals surface area contributed by atoms with Crippen LogP contribution in [0.1, 0.15) is 441 Å². The van der Waals surface area contributed by atoms with Crippen LogP contribution >= 0.6 is 0 Å². The van der Waals surface area contributed by atoms with Gasteiger partial charge in [-0.3, -0.25) is 0 Å². The predicted molar refractivity (Wildman–Crippen MR) is 401 cm³/mol. The van der Waals surface area contributed by atoms with Crippen molar-refractivity contribution < 1.29 is 4.68 Å². The van der Waals surface area contributed by atoms with E-state index in [4.69, 9.17) is 0 Å². The SMILES string of the molecule is CCCC=C1C(CCCC)=C(c2cc(C#CCCCCCCCCCCCCCC)cc(C#CCCCCCCCCCCCCCC)c2)[N+]([NH-])=C1c1cc(C#CCCCCCCCCCCCCCC)cc(C#CCCCCCCCCCCCCCC)c1. The van der Waals surface area contributed by atoms with Crippen LogP contribution in [0.5, 0.6) is 0 Å². The van der Waals surface area contributed by atoms with Gasteiger partial charge in [-0.05, 0) is 81.3 Å². The fourth-order valence-corrected chi connectivity index (χ4v) is 13.0. The lowest BCUT2D eigenvalue weighted by Gasteiger charge is -2.10. The Balaban J connectivity index is 1.94. The molecule has 2 heteroatoms. The zero-order valence-electron chi connectivity index (χ0n) is 60.3. The minimum absolute atomic E-state index is 0.916. The first-order valence-corrected chi connectivity index (χ1v) is 39.6. The van der Waals surface area contributed by atoms with E-state index in [0.717, 1.165) is 128 Å². The Kier molecular flexibility index (Phi) is 51.9. The van der Waals surface area contributed by atoms with Gasteiger partial charge in [0, 0.05) is 64.6 Å². The number of benzene rings is 2. The number of nitrogens with zero attached hydrogens (tertiary/aromatic N) is 1. The molecule has 2 aromatic carbocycles. The summed E-state index contributed by atoms with van der Waals surface area (Å²) >= 11 is 0. The van der Waals surface area contributed by atoms with E-state index >= 15 is 0 Å². The van der Waals surface area contributed by atoms with Crippen molar-refractivity contribution in [3.05, 3.63) is 92.8 Å². The molecule has 502 valence electrons. The van der Waals surface area contributed by atoms with Crippen molar-refractivity contribution in [3.8, 4) is 47.4 Å². The molecule has 0 spiro atoms. The van der Waals surface area contributed by atoms with E-state index in [9.17, 15) is 5.84 Å².